The van der Waals surface area contributed by atoms with Crippen molar-refractivity contribution in [3.63, 3.8) is 0 Å². The Morgan fingerprint density at radius 1 is 1.32 bits per heavy atom. The Bertz CT molecular complexity index is 756. The highest BCUT2D eigenvalue weighted by Crippen LogP contribution is 2.37. The molecular formula is C18H20N2O2. The van der Waals surface area contributed by atoms with Gasteiger partial charge in [-0.3, -0.25) is 4.68 Å². The first kappa shape index (κ1) is 14.6. The van der Waals surface area contributed by atoms with E-state index in [0.717, 1.165) is 5.56 Å². The smallest absolute Gasteiger partial charge is 0.358 e. The second-order valence-corrected chi connectivity index (χ2v) is 5.97. The van der Waals surface area contributed by atoms with E-state index in [1.807, 2.05) is 24.7 Å². The zero-order valence-electron chi connectivity index (χ0n) is 13.3. The first-order valence-electron chi connectivity index (χ1n) is 7.47. The minimum absolute atomic E-state index is 0.0530. The van der Waals surface area contributed by atoms with Crippen LogP contribution >= 0.6 is 0 Å². The predicted octanol–water partition coefficient (Wildman–Crippen LogP) is 3.72. The highest BCUT2D eigenvalue weighted by molar-refractivity contribution is 5.89. The van der Waals surface area contributed by atoms with E-state index >= 15 is 0 Å². The van der Waals surface area contributed by atoms with Gasteiger partial charge in [-0.25, -0.2) is 4.79 Å². The van der Waals surface area contributed by atoms with Gasteiger partial charge in [-0.1, -0.05) is 35.9 Å². The molecule has 1 heterocycles. The molecule has 22 heavy (non-hydrogen) atoms. The quantitative estimate of drug-likeness (QED) is 0.811. The van der Waals surface area contributed by atoms with Gasteiger partial charge in [0.05, 0.1) is 7.11 Å². The lowest BCUT2D eigenvalue weighted by Crippen LogP contribution is -2.09. The number of aromatic nitrogens is 2. The molecule has 0 spiro atoms. The number of aryl methyl sites for hydroxylation is 1. The predicted molar refractivity (Wildman–Crippen MR) is 86.0 cm³/mol. The maximum atomic E-state index is 12.1. The van der Waals surface area contributed by atoms with Crippen LogP contribution in [0.1, 0.15) is 58.5 Å². The van der Waals surface area contributed by atoms with Crippen LogP contribution in [0.3, 0.4) is 0 Å². The maximum absolute atomic E-state index is 12.1. The van der Waals surface area contributed by atoms with Gasteiger partial charge < -0.3 is 4.74 Å². The van der Waals surface area contributed by atoms with E-state index in [4.69, 9.17) is 4.74 Å². The molecule has 0 radical (unpaired) electrons. The van der Waals surface area contributed by atoms with Crippen molar-refractivity contribution in [2.24, 2.45) is 0 Å². The van der Waals surface area contributed by atoms with E-state index in [9.17, 15) is 4.79 Å². The summed E-state index contributed by atoms with van der Waals surface area (Å²) in [4.78, 5) is 12.1. The number of rotatable bonds is 3. The lowest BCUT2D eigenvalue weighted by molar-refractivity contribution is 0.0591. The zero-order valence-corrected chi connectivity index (χ0v) is 13.3. The molecule has 114 valence electrons. The van der Waals surface area contributed by atoms with Crippen LogP contribution in [0.4, 0.5) is 0 Å². The summed E-state index contributed by atoms with van der Waals surface area (Å²) < 4.78 is 6.72. The SMILES string of the molecule is COC(=O)c1nn(C(C)C)cc1C1C=Cc2cc(C)ccc21. The van der Waals surface area contributed by atoms with Gasteiger partial charge in [0, 0.05) is 23.7 Å². The van der Waals surface area contributed by atoms with Crippen molar-refractivity contribution in [3.05, 3.63) is 58.4 Å². The number of ether oxygens (including phenoxy) is 1. The summed E-state index contributed by atoms with van der Waals surface area (Å²) in [6.45, 7) is 6.16. The van der Waals surface area contributed by atoms with Gasteiger partial charge in [0.15, 0.2) is 5.69 Å². The fraction of sp³-hybridized carbons (Fsp3) is 0.333. The summed E-state index contributed by atoms with van der Waals surface area (Å²) in [5, 5.41) is 4.42. The largest absolute Gasteiger partial charge is 0.464 e. The fourth-order valence-corrected chi connectivity index (χ4v) is 2.85. The molecule has 0 fully saturated rings. The molecule has 0 saturated heterocycles. The average Bonchev–Trinajstić information content (AvgIpc) is 3.09. The number of methoxy groups -OCH3 is 1. The molecule has 0 amide bonds. The zero-order chi connectivity index (χ0) is 15.9. The summed E-state index contributed by atoms with van der Waals surface area (Å²) in [7, 11) is 1.39. The van der Waals surface area contributed by atoms with Crippen molar-refractivity contribution >= 4 is 12.0 Å². The molecule has 1 unspecified atom stereocenters. The van der Waals surface area contributed by atoms with E-state index in [0.29, 0.717) is 5.69 Å². The molecule has 1 aromatic heterocycles. The van der Waals surface area contributed by atoms with Crippen molar-refractivity contribution in [3.8, 4) is 0 Å². The Labute approximate surface area is 130 Å². The van der Waals surface area contributed by atoms with Gasteiger partial charge in [-0.15, -0.1) is 0 Å². The Balaban J connectivity index is 2.10. The first-order chi connectivity index (χ1) is 10.5. The highest BCUT2D eigenvalue weighted by Gasteiger charge is 2.27. The molecule has 4 heteroatoms. The Morgan fingerprint density at radius 2 is 2.09 bits per heavy atom. The first-order valence-corrected chi connectivity index (χ1v) is 7.47. The van der Waals surface area contributed by atoms with E-state index in [1.54, 1.807) is 0 Å². The van der Waals surface area contributed by atoms with E-state index in [1.165, 1.54) is 23.8 Å². The van der Waals surface area contributed by atoms with Crippen molar-refractivity contribution in [2.45, 2.75) is 32.7 Å². The molecule has 2 aromatic rings. The van der Waals surface area contributed by atoms with Gasteiger partial charge in [0.25, 0.3) is 0 Å². The third-order valence-corrected chi connectivity index (χ3v) is 4.05. The number of esters is 1. The molecule has 1 aromatic carbocycles. The molecular weight excluding hydrogens is 276 g/mol. The molecule has 1 atom stereocenters. The average molecular weight is 296 g/mol. The Hall–Kier alpha value is -2.36. The summed E-state index contributed by atoms with van der Waals surface area (Å²) in [6, 6.07) is 6.59. The number of hydrogen-bond donors (Lipinski definition) is 0. The van der Waals surface area contributed by atoms with Gasteiger partial charge >= 0.3 is 5.97 Å². The summed E-state index contributed by atoms with van der Waals surface area (Å²) in [5.41, 5.74) is 4.95. The highest BCUT2D eigenvalue weighted by atomic mass is 16.5. The van der Waals surface area contributed by atoms with Crippen molar-refractivity contribution in [1.29, 1.82) is 0 Å². The van der Waals surface area contributed by atoms with Crippen LogP contribution in [0.25, 0.3) is 6.08 Å². The van der Waals surface area contributed by atoms with Gasteiger partial charge in [-0.2, -0.15) is 5.10 Å². The lowest BCUT2D eigenvalue weighted by atomic mass is 9.92. The minimum Gasteiger partial charge on any atom is -0.464 e. The number of fused-ring (bicyclic) bond motifs is 1. The summed E-state index contributed by atoms with van der Waals surface area (Å²) in [5.74, 6) is -0.333. The summed E-state index contributed by atoms with van der Waals surface area (Å²) >= 11 is 0. The van der Waals surface area contributed by atoms with E-state index < -0.39 is 0 Å². The summed E-state index contributed by atoms with van der Waals surface area (Å²) in [6.07, 6.45) is 6.19. The van der Waals surface area contributed by atoms with Gasteiger partial charge in [0.1, 0.15) is 0 Å². The van der Waals surface area contributed by atoms with Crippen LogP contribution < -0.4 is 0 Å². The van der Waals surface area contributed by atoms with Crippen molar-refractivity contribution in [2.75, 3.05) is 7.11 Å². The second-order valence-electron chi connectivity index (χ2n) is 5.97. The van der Waals surface area contributed by atoms with Crippen molar-refractivity contribution < 1.29 is 9.53 Å². The molecule has 4 nitrogen and oxygen atoms in total. The second kappa shape index (κ2) is 5.44. The molecule has 0 aliphatic heterocycles. The fourth-order valence-electron chi connectivity index (χ4n) is 2.85. The standard InChI is InChI=1S/C18H20N2O2/c1-11(2)20-10-16(17(19-20)18(21)22-4)15-8-6-13-9-12(3)5-7-14(13)15/h5-11,15H,1-4H3. The lowest BCUT2D eigenvalue weighted by Gasteiger charge is -2.11. The Kier molecular flexibility index (Phi) is 3.61. The van der Waals surface area contributed by atoms with Crippen LogP contribution in [0.2, 0.25) is 0 Å². The molecule has 0 N–H and O–H groups in total. The minimum atomic E-state index is -0.386. The van der Waals surface area contributed by atoms with Crippen molar-refractivity contribution in [1.82, 2.24) is 9.78 Å². The number of carbonyl (C=O) groups is 1. The van der Waals surface area contributed by atoms with Crippen LogP contribution in [-0.4, -0.2) is 22.9 Å². The Morgan fingerprint density at radius 3 is 2.77 bits per heavy atom. The number of nitrogens with zero attached hydrogens (tertiary/aromatic N) is 2. The molecule has 1 aliphatic rings. The monoisotopic (exact) mass is 296 g/mol. The number of carbonyl (C=O) groups excluding carboxylic acids is 1. The molecule has 3 rings (SSSR count). The third kappa shape index (κ3) is 2.34. The van der Waals surface area contributed by atoms with E-state index in [2.05, 4.69) is 42.4 Å². The normalized spacial score (nSPS) is 16.1. The van der Waals surface area contributed by atoms with Crippen LogP contribution in [0, 0.1) is 6.92 Å². The maximum Gasteiger partial charge on any atom is 0.358 e. The molecule has 0 bridgehead atoms. The third-order valence-electron chi connectivity index (χ3n) is 4.05. The molecule has 1 aliphatic carbocycles. The number of allylic oxidation sites excluding steroid dienone is 1. The van der Waals surface area contributed by atoms with Gasteiger partial charge in [-0.05, 0) is 31.9 Å². The van der Waals surface area contributed by atoms with Gasteiger partial charge in [0.2, 0.25) is 0 Å². The van der Waals surface area contributed by atoms with E-state index in [-0.39, 0.29) is 17.9 Å². The van der Waals surface area contributed by atoms with Crippen LogP contribution in [0.5, 0.6) is 0 Å². The van der Waals surface area contributed by atoms with Crippen LogP contribution in [0.15, 0.2) is 30.5 Å². The number of benzene rings is 1. The van der Waals surface area contributed by atoms with Crippen LogP contribution in [-0.2, 0) is 4.74 Å². The number of hydrogen-bond acceptors (Lipinski definition) is 3. The molecule has 0 saturated carbocycles. The topological polar surface area (TPSA) is 44.1 Å².